The number of aliphatic hydroxyl groups excluding tert-OH is 1. The van der Waals surface area contributed by atoms with Gasteiger partial charge in [0, 0.05) is 31.3 Å². The van der Waals surface area contributed by atoms with E-state index in [-0.39, 0.29) is 19.1 Å². The smallest absolute Gasteiger partial charge is 0.253 e. The zero-order valence-electron chi connectivity index (χ0n) is 10.8. The van der Waals surface area contributed by atoms with Gasteiger partial charge in [-0.15, -0.1) is 0 Å². The lowest BCUT2D eigenvalue weighted by Crippen LogP contribution is -2.36. The van der Waals surface area contributed by atoms with Gasteiger partial charge in [0.05, 0.1) is 12.7 Å². The molecule has 0 aliphatic carbocycles. The average molecular weight is 272 g/mol. The Kier molecular flexibility index (Phi) is 5.59. The summed E-state index contributed by atoms with van der Waals surface area (Å²) in [6.45, 7) is 2.28. The SMILES string of the molecule is COCC(O)CN(C)C(=O)c1ccc(Cl)c(C)c1. The zero-order chi connectivity index (χ0) is 13.7. The molecule has 0 bridgehead atoms. The molecule has 0 aliphatic rings. The van der Waals surface area contributed by atoms with Crippen molar-refractivity contribution in [3.8, 4) is 0 Å². The standard InChI is InChI=1S/C13H18ClNO3/c1-9-6-10(4-5-12(9)14)13(17)15(2)7-11(16)8-18-3/h4-6,11,16H,7-8H2,1-3H3. The number of carbonyl (C=O) groups excluding carboxylic acids is 1. The number of rotatable bonds is 5. The maximum Gasteiger partial charge on any atom is 0.253 e. The molecule has 0 saturated heterocycles. The van der Waals surface area contributed by atoms with Crippen molar-refractivity contribution in [3.63, 3.8) is 0 Å². The largest absolute Gasteiger partial charge is 0.389 e. The molecule has 0 saturated carbocycles. The first-order valence-corrected chi connectivity index (χ1v) is 6.02. The van der Waals surface area contributed by atoms with E-state index in [0.29, 0.717) is 10.6 Å². The predicted octanol–water partition coefficient (Wildman–Crippen LogP) is 1.73. The van der Waals surface area contributed by atoms with Crippen LogP contribution in [-0.2, 0) is 4.74 Å². The number of amides is 1. The van der Waals surface area contributed by atoms with Crippen molar-refractivity contribution in [2.75, 3.05) is 27.3 Å². The summed E-state index contributed by atoms with van der Waals surface area (Å²) in [6, 6.07) is 5.12. The normalized spacial score (nSPS) is 12.3. The van der Waals surface area contributed by atoms with Crippen LogP contribution in [-0.4, -0.2) is 49.3 Å². The highest BCUT2D eigenvalue weighted by molar-refractivity contribution is 6.31. The molecular weight excluding hydrogens is 254 g/mol. The van der Waals surface area contributed by atoms with Crippen molar-refractivity contribution in [1.29, 1.82) is 0 Å². The van der Waals surface area contributed by atoms with Gasteiger partial charge in [-0.1, -0.05) is 11.6 Å². The Morgan fingerprint density at radius 1 is 1.56 bits per heavy atom. The second kappa shape index (κ2) is 6.73. The monoisotopic (exact) mass is 271 g/mol. The summed E-state index contributed by atoms with van der Waals surface area (Å²) in [5.74, 6) is -0.148. The number of likely N-dealkylation sites (N-methyl/N-ethyl adjacent to an activating group) is 1. The van der Waals surface area contributed by atoms with Gasteiger partial charge in [0.1, 0.15) is 0 Å². The second-order valence-corrected chi connectivity index (χ2v) is 4.67. The highest BCUT2D eigenvalue weighted by Gasteiger charge is 2.15. The molecule has 100 valence electrons. The summed E-state index contributed by atoms with van der Waals surface area (Å²) in [5.41, 5.74) is 1.41. The first-order chi connectivity index (χ1) is 8.45. The van der Waals surface area contributed by atoms with Crippen LogP contribution < -0.4 is 0 Å². The minimum absolute atomic E-state index is 0.148. The first kappa shape index (κ1) is 15.0. The Bertz CT molecular complexity index is 423. The third-order valence-corrected chi connectivity index (χ3v) is 3.02. The summed E-state index contributed by atoms with van der Waals surface area (Å²) >= 11 is 5.91. The van der Waals surface area contributed by atoms with Gasteiger partial charge >= 0.3 is 0 Å². The van der Waals surface area contributed by atoms with Gasteiger partial charge in [0.2, 0.25) is 0 Å². The van der Waals surface area contributed by atoms with Gasteiger partial charge in [-0.3, -0.25) is 4.79 Å². The van der Waals surface area contributed by atoms with Crippen LogP contribution in [0.4, 0.5) is 0 Å². The van der Waals surface area contributed by atoms with Gasteiger partial charge < -0.3 is 14.7 Å². The van der Waals surface area contributed by atoms with Gasteiger partial charge in [-0.2, -0.15) is 0 Å². The van der Waals surface area contributed by atoms with E-state index < -0.39 is 6.10 Å². The van der Waals surface area contributed by atoms with Crippen molar-refractivity contribution in [3.05, 3.63) is 34.3 Å². The molecule has 0 aromatic heterocycles. The lowest BCUT2D eigenvalue weighted by molar-refractivity contribution is 0.0380. The molecular formula is C13H18ClNO3. The van der Waals surface area contributed by atoms with E-state index in [9.17, 15) is 9.90 Å². The molecule has 1 N–H and O–H groups in total. The fourth-order valence-electron chi connectivity index (χ4n) is 1.64. The van der Waals surface area contributed by atoms with Crippen molar-refractivity contribution in [2.45, 2.75) is 13.0 Å². The van der Waals surface area contributed by atoms with Crippen LogP contribution in [0.15, 0.2) is 18.2 Å². The zero-order valence-corrected chi connectivity index (χ0v) is 11.6. The van der Waals surface area contributed by atoms with E-state index in [1.807, 2.05) is 6.92 Å². The molecule has 0 aliphatic heterocycles. The van der Waals surface area contributed by atoms with Gasteiger partial charge in [0.15, 0.2) is 0 Å². The van der Waals surface area contributed by atoms with E-state index in [1.54, 1.807) is 25.2 Å². The lowest BCUT2D eigenvalue weighted by atomic mass is 10.1. The predicted molar refractivity (Wildman–Crippen MR) is 71.0 cm³/mol. The number of aliphatic hydroxyl groups is 1. The van der Waals surface area contributed by atoms with Crippen molar-refractivity contribution >= 4 is 17.5 Å². The molecule has 0 heterocycles. The van der Waals surface area contributed by atoms with E-state index >= 15 is 0 Å². The Hall–Kier alpha value is -1.10. The van der Waals surface area contributed by atoms with Gasteiger partial charge in [-0.25, -0.2) is 0 Å². The highest BCUT2D eigenvalue weighted by atomic mass is 35.5. The van der Waals surface area contributed by atoms with Crippen LogP contribution >= 0.6 is 11.6 Å². The maximum absolute atomic E-state index is 12.1. The molecule has 18 heavy (non-hydrogen) atoms. The fraction of sp³-hybridized carbons (Fsp3) is 0.462. The van der Waals surface area contributed by atoms with Crippen molar-refractivity contribution in [1.82, 2.24) is 4.90 Å². The molecule has 1 aromatic rings. The van der Waals surface area contributed by atoms with Crippen LogP contribution in [0.2, 0.25) is 5.02 Å². The number of carbonyl (C=O) groups is 1. The molecule has 0 fully saturated rings. The quantitative estimate of drug-likeness (QED) is 0.887. The summed E-state index contributed by atoms with van der Waals surface area (Å²) in [4.78, 5) is 13.5. The van der Waals surface area contributed by atoms with Crippen molar-refractivity contribution < 1.29 is 14.6 Å². The van der Waals surface area contributed by atoms with Crippen molar-refractivity contribution in [2.24, 2.45) is 0 Å². The Labute approximate surface area is 112 Å². The summed E-state index contributed by atoms with van der Waals surface area (Å²) in [6.07, 6.45) is -0.683. The molecule has 0 radical (unpaired) electrons. The van der Waals surface area contributed by atoms with E-state index in [4.69, 9.17) is 16.3 Å². The third-order valence-electron chi connectivity index (χ3n) is 2.60. The number of halogens is 1. The summed E-state index contributed by atoms with van der Waals surface area (Å²) in [5, 5.41) is 10.2. The fourth-order valence-corrected chi connectivity index (χ4v) is 1.76. The van der Waals surface area contributed by atoms with Crippen LogP contribution in [0, 0.1) is 6.92 Å². The maximum atomic E-state index is 12.1. The Morgan fingerprint density at radius 2 is 2.22 bits per heavy atom. The van der Waals surface area contributed by atoms with E-state index in [1.165, 1.54) is 12.0 Å². The average Bonchev–Trinajstić information content (AvgIpc) is 2.32. The third kappa shape index (κ3) is 3.98. The number of hydrogen-bond donors (Lipinski definition) is 1. The van der Waals surface area contributed by atoms with E-state index in [0.717, 1.165) is 5.56 Å². The van der Waals surface area contributed by atoms with Crippen LogP contribution in [0.1, 0.15) is 15.9 Å². The highest BCUT2D eigenvalue weighted by Crippen LogP contribution is 2.17. The molecule has 1 aromatic carbocycles. The van der Waals surface area contributed by atoms with Crippen LogP contribution in [0.3, 0.4) is 0 Å². The van der Waals surface area contributed by atoms with Crippen LogP contribution in [0.5, 0.6) is 0 Å². The molecule has 1 unspecified atom stereocenters. The number of ether oxygens (including phenoxy) is 1. The van der Waals surface area contributed by atoms with Gasteiger partial charge in [0.25, 0.3) is 5.91 Å². The summed E-state index contributed by atoms with van der Waals surface area (Å²) in [7, 11) is 3.15. The number of aryl methyl sites for hydroxylation is 1. The van der Waals surface area contributed by atoms with Crippen LogP contribution in [0.25, 0.3) is 0 Å². The number of hydrogen-bond acceptors (Lipinski definition) is 3. The first-order valence-electron chi connectivity index (χ1n) is 5.64. The summed E-state index contributed by atoms with van der Waals surface area (Å²) < 4.78 is 4.82. The second-order valence-electron chi connectivity index (χ2n) is 4.26. The van der Waals surface area contributed by atoms with E-state index in [2.05, 4.69) is 0 Å². The minimum atomic E-state index is -0.683. The molecule has 0 spiro atoms. The molecule has 1 rings (SSSR count). The number of benzene rings is 1. The molecule has 4 nitrogen and oxygen atoms in total. The molecule has 5 heteroatoms. The molecule has 1 amide bonds. The Morgan fingerprint density at radius 3 is 2.78 bits per heavy atom. The lowest BCUT2D eigenvalue weighted by Gasteiger charge is -2.20. The number of methoxy groups -OCH3 is 1. The molecule has 1 atom stereocenters. The number of nitrogens with zero attached hydrogens (tertiary/aromatic N) is 1. The Balaban J connectivity index is 2.71. The van der Waals surface area contributed by atoms with Gasteiger partial charge in [-0.05, 0) is 30.7 Å². The minimum Gasteiger partial charge on any atom is -0.389 e. The topological polar surface area (TPSA) is 49.8 Å².